The van der Waals surface area contributed by atoms with Gasteiger partial charge in [-0.15, -0.1) is 0 Å². The Balaban J connectivity index is 1.54. The van der Waals surface area contributed by atoms with Gasteiger partial charge in [-0.1, -0.05) is 12.1 Å². The third-order valence-electron chi connectivity index (χ3n) is 4.85. The fraction of sp³-hybridized carbons (Fsp3) is 0.0833. The van der Waals surface area contributed by atoms with Gasteiger partial charge in [-0.05, 0) is 48.5 Å². The van der Waals surface area contributed by atoms with Gasteiger partial charge in [-0.25, -0.2) is 18.7 Å². The molecule has 2 aromatic heterocycles. The van der Waals surface area contributed by atoms with Gasteiger partial charge >= 0.3 is 11.9 Å². The van der Waals surface area contributed by atoms with Gasteiger partial charge in [0.15, 0.2) is 18.2 Å². The molecule has 4 aromatic rings. The van der Waals surface area contributed by atoms with Crippen molar-refractivity contribution < 1.29 is 28.2 Å². The molecule has 4 rings (SSSR count). The zero-order valence-electron chi connectivity index (χ0n) is 17.5. The minimum absolute atomic E-state index is 0.129. The van der Waals surface area contributed by atoms with E-state index in [2.05, 4.69) is 9.84 Å². The highest BCUT2D eigenvalue weighted by Gasteiger charge is 2.22. The highest BCUT2D eigenvalue weighted by atomic mass is 19.1. The van der Waals surface area contributed by atoms with Crippen LogP contribution >= 0.6 is 0 Å². The largest absolute Gasteiger partial charge is 0.465 e. The highest BCUT2D eigenvalue weighted by molar-refractivity contribution is 6.00. The molecule has 0 aliphatic rings. The third kappa shape index (κ3) is 4.57. The Morgan fingerprint density at radius 2 is 1.55 bits per heavy atom. The summed E-state index contributed by atoms with van der Waals surface area (Å²) in [4.78, 5) is 36.8. The van der Waals surface area contributed by atoms with E-state index in [0.717, 1.165) is 0 Å². The fourth-order valence-corrected chi connectivity index (χ4v) is 3.18. The Kier molecular flexibility index (Phi) is 6.12. The van der Waals surface area contributed by atoms with Gasteiger partial charge < -0.3 is 14.0 Å². The van der Waals surface area contributed by atoms with Crippen molar-refractivity contribution in [3.05, 3.63) is 102 Å². The van der Waals surface area contributed by atoms with Crippen molar-refractivity contribution in [3.63, 3.8) is 0 Å². The van der Waals surface area contributed by atoms with Crippen LogP contribution < -0.4 is 0 Å². The third-order valence-corrected chi connectivity index (χ3v) is 4.85. The van der Waals surface area contributed by atoms with Gasteiger partial charge in [0.05, 0.1) is 24.6 Å². The molecule has 0 unspecified atom stereocenters. The fourth-order valence-electron chi connectivity index (χ4n) is 3.18. The smallest absolute Gasteiger partial charge is 0.344 e. The molecule has 0 radical (unpaired) electrons. The molecule has 2 aromatic carbocycles. The monoisotopic (exact) mass is 447 g/mol. The predicted molar refractivity (Wildman–Crippen MR) is 115 cm³/mol. The number of benzene rings is 2. The molecule has 0 saturated carbocycles. The van der Waals surface area contributed by atoms with Crippen LogP contribution in [-0.4, -0.2) is 45.8 Å². The Bertz CT molecular complexity index is 1290. The first-order valence-electron chi connectivity index (χ1n) is 9.84. The number of rotatable bonds is 7. The van der Waals surface area contributed by atoms with Crippen molar-refractivity contribution in [1.29, 1.82) is 0 Å². The normalized spacial score (nSPS) is 10.6. The van der Waals surface area contributed by atoms with Crippen LogP contribution in [0.3, 0.4) is 0 Å². The number of ketones is 1. The number of hydrogen-bond acceptors (Lipinski definition) is 6. The molecule has 2 heterocycles. The van der Waals surface area contributed by atoms with Crippen LogP contribution in [0.25, 0.3) is 11.5 Å². The lowest BCUT2D eigenvalue weighted by Crippen LogP contribution is -2.16. The van der Waals surface area contributed by atoms with E-state index in [-0.39, 0.29) is 11.1 Å². The Labute approximate surface area is 187 Å². The van der Waals surface area contributed by atoms with Crippen molar-refractivity contribution in [2.24, 2.45) is 0 Å². The van der Waals surface area contributed by atoms with E-state index in [1.807, 2.05) is 0 Å². The summed E-state index contributed by atoms with van der Waals surface area (Å²) in [6.07, 6.45) is 4.78. The number of aromatic nitrogens is 3. The number of methoxy groups -OCH3 is 1. The van der Waals surface area contributed by atoms with Gasteiger partial charge in [-0.3, -0.25) is 4.79 Å². The van der Waals surface area contributed by atoms with E-state index >= 15 is 0 Å². The zero-order valence-corrected chi connectivity index (χ0v) is 17.5. The number of carbonyl (C=O) groups excluding carboxylic acids is 3. The number of esters is 2. The van der Waals surface area contributed by atoms with Crippen LogP contribution in [0.1, 0.15) is 31.1 Å². The summed E-state index contributed by atoms with van der Waals surface area (Å²) in [5.41, 5.74) is 1.25. The molecule has 166 valence electrons. The summed E-state index contributed by atoms with van der Waals surface area (Å²) in [6.45, 7) is -0.497. The summed E-state index contributed by atoms with van der Waals surface area (Å²) in [5.74, 6) is -1.71. The van der Waals surface area contributed by atoms with Gasteiger partial charge in [0.2, 0.25) is 0 Å². The molecule has 0 atom stereocenters. The van der Waals surface area contributed by atoms with E-state index in [1.54, 1.807) is 29.1 Å². The van der Waals surface area contributed by atoms with Crippen LogP contribution in [0.5, 0.6) is 0 Å². The van der Waals surface area contributed by atoms with Crippen LogP contribution in [0.15, 0.2) is 79.3 Å². The Morgan fingerprint density at radius 3 is 2.18 bits per heavy atom. The van der Waals surface area contributed by atoms with E-state index in [0.29, 0.717) is 17.1 Å². The molecule has 0 aliphatic heterocycles. The van der Waals surface area contributed by atoms with E-state index < -0.39 is 30.1 Å². The lowest BCUT2D eigenvalue weighted by Gasteiger charge is -2.11. The number of Topliss-reactive ketones (excluding diaryl/α,β-unsaturated/α-hetero) is 1. The summed E-state index contributed by atoms with van der Waals surface area (Å²) < 4.78 is 26.4. The van der Waals surface area contributed by atoms with E-state index in [4.69, 9.17) is 4.74 Å². The maximum absolute atomic E-state index is 13.3. The first-order chi connectivity index (χ1) is 16.0. The number of carbonyl (C=O) groups is 3. The second kappa shape index (κ2) is 9.31. The number of halogens is 1. The van der Waals surface area contributed by atoms with Crippen LogP contribution in [0.2, 0.25) is 0 Å². The Morgan fingerprint density at radius 1 is 0.909 bits per heavy atom. The zero-order chi connectivity index (χ0) is 23.4. The first kappa shape index (κ1) is 21.7. The van der Waals surface area contributed by atoms with Crippen LogP contribution in [0.4, 0.5) is 4.39 Å². The predicted octanol–water partition coefficient (Wildman–Crippen LogP) is 3.63. The topological polar surface area (TPSA) is 92.4 Å². The first-order valence-corrected chi connectivity index (χ1v) is 9.84. The molecule has 0 fully saturated rings. The van der Waals surface area contributed by atoms with Crippen molar-refractivity contribution in [2.45, 2.75) is 0 Å². The second-order valence-corrected chi connectivity index (χ2v) is 6.93. The molecule has 0 N–H and O–H groups in total. The van der Waals surface area contributed by atoms with Crippen molar-refractivity contribution in [2.75, 3.05) is 13.7 Å². The summed E-state index contributed by atoms with van der Waals surface area (Å²) in [7, 11) is 1.26. The molecule has 0 spiro atoms. The summed E-state index contributed by atoms with van der Waals surface area (Å²) in [5, 5.41) is 4.26. The van der Waals surface area contributed by atoms with Crippen molar-refractivity contribution in [3.8, 4) is 11.5 Å². The maximum Gasteiger partial charge on any atom is 0.344 e. The molecule has 33 heavy (non-hydrogen) atoms. The van der Waals surface area contributed by atoms with Gasteiger partial charge in [0.25, 0.3) is 0 Å². The van der Waals surface area contributed by atoms with Gasteiger partial charge in [-0.2, -0.15) is 5.10 Å². The SMILES string of the molecule is COC(=O)c1ccc(C(=O)COC(=O)c2cnn(-c3ccc(F)cc3)c2-n2cccc2)cc1. The Hall–Kier alpha value is -4.53. The molecule has 0 amide bonds. The summed E-state index contributed by atoms with van der Waals surface area (Å²) >= 11 is 0. The van der Waals surface area contributed by atoms with Crippen LogP contribution in [-0.2, 0) is 9.47 Å². The number of nitrogens with zero attached hydrogens (tertiary/aromatic N) is 3. The van der Waals surface area contributed by atoms with Crippen molar-refractivity contribution >= 4 is 17.7 Å². The molecule has 0 aliphatic carbocycles. The standard InChI is InChI=1S/C24H18FN3O5/c1-32-23(30)17-6-4-16(5-7-17)21(29)15-33-24(31)20-14-26-28(19-10-8-18(25)9-11-19)22(20)27-12-2-3-13-27/h2-14H,15H2,1H3. The van der Waals surface area contributed by atoms with Crippen LogP contribution in [0, 0.1) is 5.82 Å². The molecular weight excluding hydrogens is 429 g/mol. The quantitative estimate of drug-likeness (QED) is 0.317. The van der Waals surface area contributed by atoms with E-state index in [9.17, 15) is 18.8 Å². The van der Waals surface area contributed by atoms with Gasteiger partial charge in [0, 0.05) is 18.0 Å². The number of ether oxygens (including phenoxy) is 2. The lowest BCUT2D eigenvalue weighted by atomic mass is 10.1. The molecule has 9 heteroatoms. The molecular formula is C24H18FN3O5. The average molecular weight is 447 g/mol. The number of hydrogen-bond donors (Lipinski definition) is 0. The lowest BCUT2D eigenvalue weighted by molar-refractivity contribution is 0.0474. The highest BCUT2D eigenvalue weighted by Crippen LogP contribution is 2.21. The van der Waals surface area contributed by atoms with E-state index in [1.165, 1.54) is 66.5 Å². The van der Waals surface area contributed by atoms with Crippen molar-refractivity contribution in [1.82, 2.24) is 14.3 Å². The minimum atomic E-state index is -0.744. The molecule has 8 nitrogen and oxygen atoms in total. The minimum Gasteiger partial charge on any atom is -0.465 e. The average Bonchev–Trinajstić information content (AvgIpc) is 3.52. The van der Waals surface area contributed by atoms with Gasteiger partial charge in [0.1, 0.15) is 11.4 Å². The second-order valence-electron chi connectivity index (χ2n) is 6.93. The molecule has 0 saturated heterocycles. The molecule has 0 bridgehead atoms. The maximum atomic E-state index is 13.3. The summed E-state index contributed by atoms with van der Waals surface area (Å²) in [6, 6.07) is 15.0.